The first-order chi connectivity index (χ1) is 11.5. The van der Waals surface area contributed by atoms with E-state index in [1.165, 1.54) is 12.3 Å². The number of hydrogen-bond acceptors (Lipinski definition) is 5. The fourth-order valence-corrected chi connectivity index (χ4v) is 3.12. The van der Waals surface area contributed by atoms with Gasteiger partial charge in [-0.05, 0) is 12.1 Å². The van der Waals surface area contributed by atoms with Gasteiger partial charge in [0.25, 0.3) is 5.69 Å². The number of piperidine rings is 1. The Kier molecular flexibility index (Phi) is 5.06. The van der Waals surface area contributed by atoms with Gasteiger partial charge in [-0.1, -0.05) is 35.3 Å². The summed E-state index contributed by atoms with van der Waals surface area (Å²) in [7, 11) is 0. The van der Waals surface area contributed by atoms with Crippen LogP contribution in [0.5, 0.6) is 5.75 Å². The number of anilines is 1. The van der Waals surface area contributed by atoms with E-state index >= 15 is 0 Å². The summed E-state index contributed by atoms with van der Waals surface area (Å²) in [6.45, 7) is 1.42. The molecule has 0 amide bonds. The van der Waals surface area contributed by atoms with Crippen LogP contribution in [0.1, 0.15) is 12.8 Å². The molecule has 3 rings (SSSR count). The number of para-hydroxylation sites is 1. The quantitative estimate of drug-likeness (QED) is 0.593. The number of rotatable bonds is 4. The number of ether oxygens (including phenoxy) is 1. The van der Waals surface area contributed by atoms with Crippen LogP contribution in [0.3, 0.4) is 0 Å². The molecule has 1 aromatic carbocycles. The first-order valence-electron chi connectivity index (χ1n) is 7.50. The Morgan fingerprint density at radius 3 is 2.54 bits per heavy atom. The predicted molar refractivity (Wildman–Crippen MR) is 93.2 cm³/mol. The topological polar surface area (TPSA) is 68.5 Å². The minimum Gasteiger partial charge on any atom is -0.489 e. The first-order valence-corrected chi connectivity index (χ1v) is 8.26. The molecule has 1 aliphatic rings. The van der Waals surface area contributed by atoms with Crippen molar-refractivity contribution in [2.24, 2.45) is 0 Å². The second-order valence-electron chi connectivity index (χ2n) is 5.49. The van der Waals surface area contributed by atoms with E-state index < -0.39 is 4.92 Å². The molecular formula is C16H15Cl2N3O3. The zero-order chi connectivity index (χ0) is 17.1. The number of aromatic nitrogens is 1. The summed E-state index contributed by atoms with van der Waals surface area (Å²) < 4.78 is 5.95. The highest BCUT2D eigenvalue weighted by Gasteiger charge is 2.24. The van der Waals surface area contributed by atoms with Crippen LogP contribution in [-0.4, -0.2) is 29.1 Å². The minimum absolute atomic E-state index is 0.0676. The van der Waals surface area contributed by atoms with Crippen molar-refractivity contribution in [3.63, 3.8) is 0 Å². The van der Waals surface area contributed by atoms with Crippen molar-refractivity contribution < 1.29 is 9.66 Å². The average Bonchev–Trinajstić information content (AvgIpc) is 2.58. The number of hydrogen-bond donors (Lipinski definition) is 0. The van der Waals surface area contributed by atoms with Gasteiger partial charge in [0.2, 0.25) is 0 Å². The van der Waals surface area contributed by atoms with Crippen LogP contribution in [0.15, 0.2) is 36.5 Å². The number of benzene rings is 1. The van der Waals surface area contributed by atoms with Gasteiger partial charge in [-0.15, -0.1) is 0 Å². The molecule has 0 bridgehead atoms. The molecule has 0 atom stereocenters. The maximum atomic E-state index is 10.8. The highest BCUT2D eigenvalue weighted by atomic mass is 35.5. The van der Waals surface area contributed by atoms with Crippen LogP contribution in [0, 0.1) is 10.1 Å². The fourth-order valence-electron chi connectivity index (χ4n) is 2.66. The normalized spacial score (nSPS) is 15.3. The van der Waals surface area contributed by atoms with E-state index in [1.807, 2.05) is 23.1 Å². The van der Waals surface area contributed by atoms with Gasteiger partial charge in [-0.3, -0.25) is 10.1 Å². The van der Waals surface area contributed by atoms with Crippen LogP contribution in [0.2, 0.25) is 10.0 Å². The monoisotopic (exact) mass is 367 g/mol. The molecule has 1 saturated heterocycles. The molecule has 24 heavy (non-hydrogen) atoms. The molecule has 1 aromatic heterocycles. The average molecular weight is 368 g/mol. The van der Waals surface area contributed by atoms with Crippen molar-refractivity contribution >= 4 is 34.7 Å². The zero-order valence-electron chi connectivity index (χ0n) is 12.7. The lowest BCUT2D eigenvalue weighted by Gasteiger charge is -2.33. The standard InChI is InChI=1S/C16H15Cl2N3O3/c17-13-3-1-2-4-15(13)24-12-5-7-20(8-6-12)16-14(18)9-11(10-19-16)21(22)23/h1-4,9-10,12H,5-8H2. The number of halogens is 2. The molecule has 0 saturated carbocycles. The lowest BCUT2D eigenvalue weighted by Crippen LogP contribution is -2.38. The Bertz CT molecular complexity index is 749. The third-order valence-electron chi connectivity index (χ3n) is 3.89. The Morgan fingerprint density at radius 1 is 1.21 bits per heavy atom. The van der Waals surface area contributed by atoms with Crippen LogP contribution >= 0.6 is 23.2 Å². The molecule has 0 N–H and O–H groups in total. The SMILES string of the molecule is O=[N+]([O-])c1cnc(N2CCC(Oc3ccccc3Cl)CC2)c(Cl)c1. The van der Waals surface area contributed by atoms with Gasteiger partial charge in [0.15, 0.2) is 0 Å². The summed E-state index contributed by atoms with van der Waals surface area (Å²) in [4.78, 5) is 16.4. The predicted octanol–water partition coefficient (Wildman–Crippen LogP) is 4.34. The number of nitrogens with zero attached hydrogens (tertiary/aromatic N) is 3. The second kappa shape index (κ2) is 7.23. The van der Waals surface area contributed by atoms with Gasteiger partial charge in [-0.2, -0.15) is 0 Å². The Hall–Kier alpha value is -2.05. The van der Waals surface area contributed by atoms with Gasteiger partial charge >= 0.3 is 0 Å². The molecule has 0 unspecified atom stereocenters. The van der Waals surface area contributed by atoms with Crippen molar-refractivity contribution in [2.75, 3.05) is 18.0 Å². The van der Waals surface area contributed by atoms with E-state index in [0.717, 1.165) is 12.8 Å². The fraction of sp³-hybridized carbons (Fsp3) is 0.312. The summed E-state index contributed by atoms with van der Waals surface area (Å²) in [5.41, 5.74) is -0.110. The van der Waals surface area contributed by atoms with Gasteiger partial charge < -0.3 is 9.64 Å². The third-order valence-corrected chi connectivity index (χ3v) is 4.48. The Labute approximate surface area is 149 Å². The highest BCUT2D eigenvalue weighted by Crippen LogP contribution is 2.31. The van der Waals surface area contributed by atoms with Crippen molar-refractivity contribution in [2.45, 2.75) is 18.9 Å². The van der Waals surface area contributed by atoms with Gasteiger partial charge in [0.05, 0.1) is 15.0 Å². The lowest BCUT2D eigenvalue weighted by molar-refractivity contribution is -0.385. The number of pyridine rings is 1. The van der Waals surface area contributed by atoms with Crippen molar-refractivity contribution in [1.82, 2.24) is 4.98 Å². The van der Waals surface area contributed by atoms with E-state index in [4.69, 9.17) is 27.9 Å². The van der Waals surface area contributed by atoms with Crippen LogP contribution in [-0.2, 0) is 0 Å². The molecule has 6 nitrogen and oxygen atoms in total. The molecule has 0 radical (unpaired) electrons. The highest BCUT2D eigenvalue weighted by molar-refractivity contribution is 6.33. The summed E-state index contributed by atoms with van der Waals surface area (Å²) in [6.07, 6.45) is 2.88. The summed E-state index contributed by atoms with van der Waals surface area (Å²) >= 11 is 12.2. The lowest BCUT2D eigenvalue weighted by atomic mass is 10.1. The maximum Gasteiger partial charge on any atom is 0.289 e. The van der Waals surface area contributed by atoms with Gasteiger partial charge in [-0.25, -0.2) is 4.98 Å². The molecule has 1 fully saturated rings. The third kappa shape index (κ3) is 3.71. The minimum atomic E-state index is -0.508. The van der Waals surface area contributed by atoms with Crippen molar-refractivity contribution in [3.05, 3.63) is 56.7 Å². The second-order valence-corrected chi connectivity index (χ2v) is 6.31. The number of nitro groups is 1. The first kappa shape index (κ1) is 16.8. The Balaban J connectivity index is 1.63. The van der Waals surface area contributed by atoms with Crippen LogP contribution in [0.25, 0.3) is 0 Å². The van der Waals surface area contributed by atoms with Gasteiger partial charge in [0, 0.05) is 32.0 Å². The summed E-state index contributed by atoms with van der Waals surface area (Å²) in [5, 5.41) is 11.6. The molecule has 2 heterocycles. The molecule has 8 heteroatoms. The molecular weight excluding hydrogens is 353 g/mol. The molecule has 126 valence electrons. The van der Waals surface area contributed by atoms with E-state index in [1.54, 1.807) is 6.07 Å². The molecule has 2 aromatic rings. The van der Waals surface area contributed by atoms with Crippen LogP contribution < -0.4 is 9.64 Å². The largest absolute Gasteiger partial charge is 0.489 e. The molecule has 1 aliphatic heterocycles. The molecule has 0 aliphatic carbocycles. The summed E-state index contributed by atoms with van der Waals surface area (Å²) in [5.74, 6) is 1.25. The smallest absolute Gasteiger partial charge is 0.289 e. The zero-order valence-corrected chi connectivity index (χ0v) is 14.2. The van der Waals surface area contributed by atoms with E-state index in [-0.39, 0.29) is 16.8 Å². The Morgan fingerprint density at radius 2 is 1.92 bits per heavy atom. The van der Waals surface area contributed by atoms with Crippen molar-refractivity contribution in [1.29, 1.82) is 0 Å². The van der Waals surface area contributed by atoms with E-state index in [2.05, 4.69) is 4.98 Å². The molecule has 0 spiro atoms. The maximum absolute atomic E-state index is 10.8. The van der Waals surface area contributed by atoms with E-state index in [9.17, 15) is 10.1 Å². The van der Waals surface area contributed by atoms with E-state index in [0.29, 0.717) is 29.7 Å². The van der Waals surface area contributed by atoms with Crippen LogP contribution in [0.4, 0.5) is 11.5 Å². The summed E-state index contributed by atoms with van der Waals surface area (Å²) in [6, 6.07) is 8.73. The van der Waals surface area contributed by atoms with Crippen molar-refractivity contribution in [3.8, 4) is 5.75 Å². The van der Waals surface area contributed by atoms with Gasteiger partial charge in [0.1, 0.15) is 23.9 Å².